The van der Waals surface area contributed by atoms with Gasteiger partial charge < -0.3 is 9.84 Å². The predicted octanol–water partition coefficient (Wildman–Crippen LogP) is 5.90. The van der Waals surface area contributed by atoms with Crippen LogP contribution in [-0.2, 0) is 14.3 Å². The highest BCUT2D eigenvalue weighted by atomic mass is 16.5. The van der Waals surface area contributed by atoms with Crippen molar-refractivity contribution in [2.75, 3.05) is 6.61 Å². The van der Waals surface area contributed by atoms with E-state index in [-0.39, 0.29) is 5.97 Å². The van der Waals surface area contributed by atoms with Crippen LogP contribution >= 0.6 is 0 Å². The Labute approximate surface area is 148 Å². The van der Waals surface area contributed by atoms with Gasteiger partial charge in [0, 0.05) is 13.8 Å². The highest BCUT2D eigenvalue weighted by Gasteiger charge is 1.94. The molecule has 4 heteroatoms. The van der Waals surface area contributed by atoms with Gasteiger partial charge in [0.25, 0.3) is 5.97 Å². The first kappa shape index (κ1) is 24.9. The molecule has 0 unspecified atom stereocenters. The van der Waals surface area contributed by atoms with Gasteiger partial charge >= 0.3 is 5.97 Å². The number of rotatable bonds is 14. The van der Waals surface area contributed by atoms with Crippen LogP contribution < -0.4 is 0 Å². The molecule has 0 spiro atoms. The van der Waals surface area contributed by atoms with E-state index in [1.807, 2.05) is 0 Å². The molecule has 0 heterocycles. The number of allylic oxidation sites excluding steroid dienone is 2. The van der Waals surface area contributed by atoms with Gasteiger partial charge in [-0.1, -0.05) is 70.4 Å². The third-order valence-corrected chi connectivity index (χ3v) is 3.46. The van der Waals surface area contributed by atoms with Crippen LogP contribution in [0.25, 0.3) is 0 Å². The van der Waals surface area contributed by atoms with E-state index < -0.39 is 5.97 Å². The zero-order chi connectivity index (χ0) is 18.5. The molecule has 0 saturated carbocycles. The summed E-state index contributed by atoms with van der Waals surface area (Å²) in [7, 11) is 0. The molecule has 24 heavy (non-hydrogen) atoms. The van der Waals surface area contributed by atoms with Gasteiger partial charge in [0.05, 0.1) is 6.61 Å². The zero-order valence-corrected chi connectivity index (χ0v) is 16.0. The Morgan fingerprint density at radius 3 is 1.67 bits per heavy atom. The summed E-state index contributed by atoms with van der Waals surface area (Å²) in [5, 5.41) is 7.42. The van der Waals surface area contributed by atoms with E-state index in [4.69, 9.17) is 14.6 Å². The number of esters is 1. The highest BCUT2D eigenvalue weighted by Crippen LogP contribution is 2.10. The fraction of sp³-hybridized carbons (Fsp3) is 0.800. The molecule has 0 atom stereocenters. The molecule has 0 aliphatic heterocycles. The van der Waals surface area contributed by atoms with Crippen molar-refractivity contribution in [3.63, 3.8) is 0 Å². The van der Waals surface area contributed by atoms with Crippen molar-refractivity contribution in [1.29, 1.82) is 0 Å². The lowest BCUT2D eigenvalue weighted by atomic mass is 10.1. The Morgan fingerprint density at radius 2 is 1.21 bits per heavy atom. The number of carbonyl (C=O) groups excluding carboxylic acids is 1. The lowest BCUT2D eigenvalue weighted by molar-refractivity contribution is -0.141. The van der Waals surface area contributed by atoms with Gasteiger partial charge in [-0.2, -0.15) is 0 Å². The second kappa shape index (κ2) is 21.7. The molecule has 0 rings (SSSR count). The largest absolute Gasteiger partial charge is 0.481 e. The van der Waals surface area contributed by atoms with E-state index in [2.05, 4.69) is 19.1 Å². The molecule has 0 aromatic carbocycles. The molecule has 0 saturated heterocycles. The number of hydrogen-bond acceptors (Lipinski definition) is 3. The summed E-state index contributed by atoms with van der Waals surface area (Å²) < 4.78 is 4.90. The lowest BCUT2D eigenvalue weighted by Crippen LogP contribution is -2.00. The van der Waals surface area contributed by atoms with E-state index in [1.54, 1.807) is 0 Å². The molecule has 0 aliphatic carbocycles. The number of hydrogen-bond donors (Lipinski definition) is 1. The Kier molecular flexibility index (Phi) is 22.5. The van der Waals surface area contributed by atoms with Crippen molar-refractivity contribution in [2.24, 2.45) is 0 Å². The topological polar surface area (TPSA) is 63.6 Å². The molecule has 0 amide bonds. The second-order valence-electron chi connectivity index (χ2n) is 6.09. The number of carbonyl (C=O) groups is 2. The minimum Gasteiger partial charge on any atom is -0.481 e. The average Bonchev–Trinajstić information content (AvgIpc) is 2.50. The Bertz CT molecular complexity index is 307. The van der Waals surface area contributed by atoms with E-state index >= 15 is 0 Å². The lowest BCUT2D eigenvalue weighted by Gasteiger charge is -2.02. The Morgan fingerprint density at radius 1 is 0.792 bits per heavy atom. The predicted molar refractivity (Wildman–Crippen MR) is 100 cm³/mol. The van der Waals surface area contributed by atoms with Crippen molar-refractivity contribution >= 4 is 11.9 Å². The summed E-state index contributed by atoms with van der Waals surface area (Å²) in [5.41, 5.74) is 0. The molecular weight excluding hydrogens is 304 g/mol. The molecule has 0 fully saturated rings. The molecule has 1 N–H and O–H groups in total. The Hall–Kier alpha value is -1.32. The van der Waals surface area contributed by atoms with Crippen LogP contribution in [0.2, 0.25) is 0 Å². The van der Waals surface area contributed by atoms with Crippen LogP contribution in [0.15, 0.2) is 12.2 Å². The van der Waals surface area contributed by atoms with Crippen LogP contribution in [0.5, 0.6) is 0 Å². The van der Waals surface area contributed by atoms with Gasteiger partial charge in [0.15, 0.2) is 0 Å². The number of carboxylic acid groups (broad SMARTS) is 1. The smallest absolute Gasteiger partial charge is 0.302 e. The minimum absolute atomic E-state index is 0.159. The molecule has 142 valence electrons. The van der Waals surface area contributed by atoms with Crippen molar-refractivity contribution in [1.82, 2.24) is 0 Å². The maximum absolute atomic E-state index is 10.6. The number of aliphatic carboxylic acids is 1. The third kappa shape index (κ3) is 32.6. The van der Waals surface area contributed by atoms with E-state index in [9.17, 15) is 4.79 Å². The van der Waals surface area contributed by atoms with E-state index in [1.165, 1.54) is 77.6 Å². The molecule has 0 aromatic heterocycles. The Balaban J connectivity index is 0. The van der Waals surface area contributed by atoms with Gasteiger partial charge in [0.2, 0.25) is 0 Å². The first-order valence-corrected chi connectivity index (χ1v) is 9.48. The number of carboxylic acids is 1. The van der Waals surface area contributed by atoms with Crippen LogP contribution in [0.1, 0.15) is 97.8 Å². The summed E-state index contributed by atoms with van der Waals surface area (Å²) >= 11 is 0. The summed E-state index contributed by atoms with van der Waals surface area (Å²) in [6.07, 6.45) is 20.1. The van der Waals surface area contributed by atoms with Crippen LogP contribution in [-0.4, -0.2) is 23.7 Å². The van der Waals surface area contributed by atoms with E-state index in [0.29, 0.717) is 6.61 Å². The van der Waals surface area contributed by atoms with Crippen LogP contribution in [0.4, 0.5) is 0 Å². The van der Waals surface area contributed by atoms with Gasteiger partial charge in [-0.3, -0.25) is 9.59 Å². The van der Waals surface area contributed by atoms with Gasteiger partial charge in [-0.15, -0.1) is 0 Å². The molecule has 0 radical (unpaired) electrons. The highest BCUT2D eigenvalue weighted by molar-refractivity contribution is 5.65. The third-order valence-electron chi connectivity index (χ3n) is 3.46. The molecule has 0 bridgehead atoms. The second-order valence-corrected chi connectivity index (χ2v) is 6.09. The van der Waals surface area contributed by atoms with Crippen LogP contribution in [0.3, 0.4) is 0 Å². The van der Waals surface area contributed by atoms with Crippen molar-refractivity contribution < 1.29 is 19.4 Å². The molecule has 4 nitrogen and oxygen atoms in total. The first-order valence-electron chi connectivity index (χ1n) is 9.48. The summed E-state index contributed by atoms with van der Waals surface area (Å²) in [5.74, 6) is -0.992. The van der Waals surface area contributed by atoms with Crippen LogP contribution in [0, 0.1) is 0 Å². The van der Waals surface area contributed by atoms with Crippen molar-refractivity contribution in [3.05, 3.63) is 12.2 Å². The number of ether oxygens (including phenoxy) is 1. The van der Waals surface area contributed by atoms with Gasteiger partial charge in [-0.25, -0.2) is 0 Å². The summed E-state index contributed by atoms with van der Waals surface area (Å²) in [6.45, 7) is 5.39. The van der Waals surface area contributed by atoms with Gasteiger partial charge in [0.1, 0.15) is 0 Å². The summed E-state index contributed by atoms with van der Waals surface area (Å²) in [6, 6.07) is 0. The fourth-order valence-electron chi connectivity index (χ4n) is 2.20. The number of unbranched alkanes of at least 4 members (excludes halogenated alkanes) is 10. The SMILES string of the molecule is CC(=O)O.CCCC/C=C\CCCCCCCCCCOC(C)=O. The standard InChI is InChI=1S/C18H34O2.C2H4O2/c1-3-4-5-6-7-8-9-10-11-12-13-14-15-16-17-20-18(2)19;1-2(3)4/h6-7H,3-5,8-17H2,1-2H3;1H3,(H,3,4)/b7-6-;. The monoisotopic (exact) mass is 342 g/mol. The van der Waals surface area contributed by atoms with Crippen molar-refractivity contribution in [2.45, 2.75) is 97.8 Å². The normalized spacial score (nSPS) is 10.3. The first-order chi connectivity index (χ1) is 11.5. The summed E-state index contributed by atoms with van der Waals surface area (Å²) in [4.78, 5) is 19.6. The minimum atomic E-state index is -0.833. The van der Waals surface area contributed by atoms with Gasteiger partial charge in [-0.05, 0) is 25.7 Å². The molecule has 0 aromatic rings. The zero-order valence-electron chi connectivity index (χ0n) is 16.0. The van der Waals surface area contributed by atoms with E-state index in [0.717, 1.165) is 13.3 Å². The van der Waals surface area contributed by atoms with Crippen molar-refractivity contribution in [3.8, 4) is 0 Å². The fourth-order valence-corrected chi connectivity index (χ4v) is 2.20. The maximum Gasteiger partial charge on any atom is 0.302 e. The molecular formula is C20H38O4. The quantitative estimate of drug-likeness (QED) is 0.242. The molecule has 0 aliphatic rings. The average molecular weight is 343 g/mol. The maximum atomic E-state index is 10.6.